The van der Waals surface area contributed by atoms with Gasteiger partial charge in [0.1, 0.15) is 5.52 Å². The second kappa shape index (κ2) is 7.81. The predicted octanol–water partition coefficient (Wildman–Crippen LogP) is 2.10. The van der Waals surface area contributed by atoms with E-state index >= 15 is 0 Å². The van der Waals surface area contributed by atoms with Crippen molar-refractivity contribution in [3.63, 3.8) is 0 Å². The SMILES string of the molecule is CCOC(=O)N1CCC[C@H](n2c(=O)[nH]c3cnc(-c4cnn5ccc(C#N)cc45)nc32)C1. The largest absolute Gasteiger partial charge is 0.450 e. The van der Waals surface area contributed by atoms with Crippen molar-refractivity contribution in [3.8, 4) is 17.5 Å². The van der Waals surface area contributed by atoms with E-state index in [-0.39, 0.29) is 17.8 Å². The van der Waals surface area contributed by atoms with Crippen molar-refractivity contribution in [2.24, 2.45) is 0 Å². The number of aromatic amines is 1. The monoisotopic (exact) mass is 432 g/mol. The van der Waals surface area contributed by atoms with Crippen LogP contribution in [0.15, 0.2) is 35.5 Å². The molecule has 4 aromatic rings. The van der Waals surface area contributed by atoms with Gasteiger partial charge in [0, 0.05) is 19.3 Å². The number of imidazole rings is 1. The van der Waals surface area contributed by atoms with Gasteiger partial charge in [0.2, 0.25) is 0 Å². The molecule has 1 aliphatic heterocycles. The van der Waals surface area contributed by atoms with Crippen molar-refractivity contribution in [1.82, 2.24) is 34.0 Å². The Balaban J connectivity index is 1.57. The van der Waals surface area contributed by atoms with E-state index in [0.29, 0.717) is 53.3 Å². The number of nitrogens with zero attached hydrogens (tertiary/aromatic N) is 7. The first-order valence-corrected chi connectivity index (χ1v) is 10.4. The van der Waals surface area contributed by atoms with Crippen LogP contribution in [0.1, 0.15) is 31.4 Å². The summed E-state index contributed by atoms with van der Waals surface area (Å²) in [5, 5.41) is 13.5. The zero-order chi connectivity index (χ0) is 22.2. The van der Waals surface area contributed by atoms with Crippen LogP contribution in [-0.2, 0) is 4.74 Å². The molecule has 1 amide bonds. The van der Waals surface area contributed by atoms with Crippen LogP contribution in [0.5, 0.6) is 0 Å². The van der Waals surface area contributed by atoms with E-state index in [9.17, 15) is 14.9 Å². The minimum atomic E-state index is -0.375. The lowest BCUT2D eigenvalue weighted by molar-refractivity contribution is 0.0895. The molecule has 1 saturated heterocycles. The molecule has 1 N–H and O–H groups in total. The Hall–Kier alpha value is -4.20. The summed E-state index contributed by atoms with van der Waals surface area (Å²) in [5.74, 6) is 0.397. The third kappa shape index (κ3) is 3.26. The molecule has 4 aromatic heterocycles. The summed E-state index contributed by atoms with van der Waals surface area (Å²) in [7, 11) is 0. The fourth-order valence-electron chi connectivity index (χ4n) is 4.15. The quantitative estimate of drug-likeness (QED) is 0.524. The first-order valence-electron chi connectivity index (χ1n) is 10.4. The highest BCUT2D eigenvalue weighted by Gasteiger charge is 2.28. The molecule has 1 aliphatic rings. The first kappa shape index (κ1) is 19.7. The number of amides is 1. The van der Waals surface area contributed by atoms with Gasteiger partial charge in [-0.05, 0) is 31.9 Å². The zero-order valence-corrected chi connectivity index (χ0v) is 17.4. The number of likely N-dealkylation sites (tertiary alicyclic amines) is 1. The molecule has 162 valence electrons. The number of aromatic nitrogens is 6. The van der Waals surface area contributed by atoms with Gasteiger partial charge >= 0.3 is 11.8 Å². The standard InChI is InChI=1S/C21H20N8O3/c1-2-32-21(31)27-6-3-4-14(12-27)29-19-16(25-20(29)30)11-23-18(26-19)15-10-24-28-7-5-13(9-22)8-17(15)28/h5,7-8,10-11,14H,2-4,6,12H2,1H3,(H,25,30)/t14-/m0/s1. The van der Waals surface area contributed by atoms with Gasteiger partial charge in [-0.2, -0.15) is 10.4 Å². The number of carbonyl (C=O) groups is 1. The van der Waals surface area contributed by atoms with Crippen molar-refractivity contribution in [1.29, 1.82) is 5.26 Å². The molecule has 0 radical (unpaired) electrons. The Morgan fingerprint density at radius 2 is 2.28 bits per heavy atom. The summed E-state index contributed by atoms with van der Waals surface area (Å²) in [6, 6.07) is 5.29. The zero-order valence-electron chi connectivity index (χ0n) is 17.4. The molecule has 0 spiro atoms. The molecule has 0 bridgehead atoms. The number of hydrogen-bond donors (Lipinski definition) is 1. The highest BCUT2D eigenvalue weighted by Crippen LogP contribution is 2.26. The summed E-state index contributed by atoms with van der Waals surface area (Å²) in [4.78, 5) is 38.5. The van der Waals surface area contributed by atoms with E-state index in [4.69, 9.17) is 4.74 Å². The minimum absolute atomic E-state index is 0.230. The Morgan fingerprint density at radius 3 is 3.09 bits per heavy atom. The van der Waals surface area contributed by atoms with E-state index in [2.05, 4.69) is 26.1 Å². The topological polar surface area (TPSA) is 134 Å². The molecule has 0 aliphatic carbocycles. The normalized spacial score (nSPS) is 16.4. The van der Waals surface area contributed by atoms with Crippen LogP contribution in [0.2, 0.25) is 0 Å². The van der Waals surface area contributed by atoms with Crippen molar-refractivity contribution in [2.45, 2.75) is 25.8 Å². The lowest BCUT2D eigenvalue weighted by Gasteiger charge is -2.32. The molecule has 11 nitrogen and oxygen atoms in total. The number of fused-ring (bicyclic) bond motifs is 2. The number of pyridine rings is 1. The number of ether oxygens (including phenoxy) is 1. The van der Waals surface area contributed by atoms with Crippen LogP contribution in [0.25, 0.3) is 28.1 Å². The summed E-state index contributed by atoms with van der Waals surface area (Å²) >= 11 is 0. The molecule has 32 heavy (non-hydrogen) atoms. The molecule has 5 heterocycles. The fraction of sp³-hybridized carbons (Fsp3) is 0.333. The van der Waals surface area contributed by atoms with E-state index in [1.54, 1.807) is 51.6 Å². The molecule has 0 saturated carbocycles. The van der Waals surface area contributed by atoms with Gasteiger partial charge in [0.05, 0.1) is 47.8 Å². The van der Waals surface area contributed by atoms with Crippen molar-refractivity contribution in [2.75, 3.05) is 19.7 Å². The third-order valence-corrected chi connectivity index (χ3v) is 5.64. The van der Waals surface area contributed by atoms with Crippen molar-refractivity contribution in [3.05, 3.63) is 46.8 Å². The van der Waals surface area contributed by atoms with Gasteiger partial charge < -0.3 is 14.6 Å². The van der Waals surface area contributed by atoms with Gasteiger partial charge in [0.15, 0.2) is 11.5 Å². The number of hydrogen-bond acceptors (Lipinski definition) is 7. The second-order valence-corrected chi connectivity index (χ2v) is 7.59. The molecule has 11 heteroatoms. The van der Waals surface area contributed by atoms with E-state index in [0.717, 1.165) is 12.8 Å². The van der Waals surface area contributed by atoms with Gasteiger partial charge in [-0.3, -0.25) is 4.57 Å². The molecule has 1 fully saturated rings. The molecule has 0 unspecified atom stereocenters. The lowest BCUT2D eigenvalue weighted by atomic mass is 10.1. The second-order valence-electron chi connectivity index (χ2n) is 7.59. The number of rotatable bonds is 3. The van der Waals surface area contributed by atoms with Crippen LogP contribution in [0, 0.1) is 11.3 Å². The third-order valence-electron chi connectivity index (χ3n) is 5.64. The van der Waals surface area contributed by atoms with E-state index in [1.807, 2.05) is 0 Å². The number of H-pyrrole nitrogens is 1. The number of nitriles is 1. The van der Waals surface area contributed by atoms with Crippen LogP contribution in [-0.4, -0.2) is 59.8 Å². The van der Waals surface area contributed by atoms with Gasteiger partial charge in [-0.1, -0.05) is 0 Å². The molecule has 1 atom stereocenters. The highest BCUT2D eigenvalue weighted by molar-refractivity contribution is 5.80. The van der Waals surface area contributed by atoms with Crippen LogP contribution >= 0.6 is 0 Å². The van der Waals surface area contributed by atoms with Gasteiger partial charge in [0.25, 0.3) is 0 Å². The summed E-state index contributed by atoms with van der Waals surface area (Å²) in [5.41, 5.74) is 2.53. The Kier molecular flexibility index (Phi) is 4.82. The van der Waals surface area contributed by atoms with Crippen molar-refractivity contribution < 1.29 is 9.53 Å². The summed E-state index contributed by atoms with van der Waals surface area (Å²) in [6.07, 6.45) is 6.03. The summed E-state index contributed by atoms with van der Waals surface area (Å²) in [6.45, 7) is 3.03. The van der Waals surface area contributed by atoms with Gasteiger partial charge in [-0.15, -0.1) is 0 Å². The molecular weight excluding hydrogens is 412 g/mol. The first-order chi connectivity index (χ1) is 15.6. The average Bonchev–Trinajstić information content (AvgIpc) is 3.38. The van der Waals surface area contributed by atoms with Crippen LogP contribution < -0.4 is 5.69 Å². The number of carbonyl (C=O) groups excluding carboxylic acids is 1. The van der Waals surface area contributed by atoms with E-state index in [1.165, 1.54) is 0 Å². The Morgan fingerprint density at radius 1 is 1.41 bits per heavy atom. The van der Waals surface area contributed by atoms with Crippen LogP contribution in [0.3, 0.4) is 0 Å². The lowest BCUT2D eigenvalue weighted by Crippen LogP contribution is -2.42. The molecule has 5 rings (SSSR count). The number of nitrogens with one attached hydrogen (secondary N) is 1. The predicted molar refractivity (Wildman–Crippen MR) is 114 cm³/mol. The van der Waals surface area contributed by atoms with Crippen LogP contribution in [0.4, 0.5) is 4.79 Å². The maximum absolute atomic E-state index is 12.8. The highest BCUT2D eigenvalue weighted by atomic mass is 16.6. The smallest absolute Gasteiger partial charge is 0.409 e. The number of piperidine rings is 1. The average molecular weight is 432 g/mol. The minimum Gasteiger partial charge on any atom is -0.450 e. The Bertz CT molecular complexity index is 1430. The molecular formula is C21H20N8O3. The van der Waals surface area contributed by atoms with Gasteiger partial charge in [-0.25, -0.2) is 24.1 Å². The fourth-order valence-corrected chi connectivity index (χ4v) is 4.15. The molecule has 0 aromatic carbocycles. The maximum atomic E-state index is 12.8. The summed E-state index contributed by atoms with van der Waals surface area (Å²) < 4.78 is 8.37. The van der Waals surface area contributed by atoms with Crippen molar-refractivity contribution >= 4 is 22.8 Å². The van der Waals surface area contributed by atoms with E-state index < -0.39 is 0 Å². The Labute approximate surface area is 181 Å². The maximum Gasteiger partial charge on any atom is 0.409 e.